The monoisotopic (exact) mass is 427 g/mol. The van der Waals surface area contributed by atoms with Gasteiger partial charge in [-0.05, 0) is 24.7 Å². The Kier molecular flexibility index (Phi) is 9.05. The maximum absolute atomic E-state index is 12.8. The van der Waals surface area contributed by atoms with Gasteiger partial charge in [0.2, 0.25) is 0 Å². The number of hydrogen-bond donors (Lipinski definition) is 3. The number of carbonyl (C=O) groups is 2. The third-order valence-corrected chi connectivity index (χ3v) is 3.28. The Balaban J connectivity index is 0.000000479. The number of halogens is 3. The number of carboxylic acids is 2. The van der Waals surface area contributed by atoms with Gasteiger partial charge in [-0.3, -0.25) is 0 Å². The molecule has 0 spiro atoms. The number of aliphatic carboxylic acids is 2. The zero-order chi connectivity index (χ0) is 22.7. The van der Waals surface area contributed by atoms with Gasteiger partial charge < -0.3 is 25.2 Å². The van der Waals surface area contributed by atoms with E-state index in [1.54, 1.807) is 6.07 Å². The molecule has 0 aliphatic carbocycles. The Morgan fingerprint density at radius 2 is 1.90 bits per heavy atom. The maximum Gasteiger partial charge on any atom is 0.416 e. The van der Waals surface area contributed by atoms with Crippen molar-refractivity contribution in [3.8, 4) is 11.8 Å². The smallest absolute Gasteiger partial charge is 0.416 e. The molecule has 0 saturated carbocycles. The van der Waals surface area contributed by atoms with Crippen LogP contribution in [0.4, 0.5) is 13.2 Å². The first-order valence-electron chi connectivity index (χ1n) is 8.10. The van der Waals surface area contributed by atoms with E-state index >= 15 is 0 Å². The molecule has 1 atom stereocenters. The summed E-state index contributed by atoms with van der Waals surface area (Å²) in [5.74, 6) is -2.68. The van der Waals surface area contributed by atoms with Gasteiger partial charge in [-0.25, -0.2) is 9.59 Å². The number of carboxylic acid groups (broad SMARTS) is 2. The van der Waals surface area contributed by atoms with Crippen LogP contribution < -0.4 is 10.5 Å². The zero-order valence-corrected chi connectivity index (χ0v) is 15.2. The van der Waals surface area contributed by atoms with Crippen LogP contribution in [0.3, 0.4) is 0 Å². The summed E-state index contributed by atoms with van der Waals surface area (Å²) in [5.41, 5.74) is 4.97. The summed E-state index contributed by atoms with van der Waals surface area (Å²) in [6.45, 7) is 0.234. The largest absolute Gasteiger partial charge is 0.483 e. The molecule has 0 aliphatic heterocycles. The second-order valence-corrected chi connectivity index (χ2v) is 5.44. The van der Waals surface area contributed by atoms with Gasteiger partial charge in [-0.1, -0.05) is 5.16 Å². The fraction of sp³-hybridized carbons (Fsp3) is 0.222. The fourth-order valence-electron chi connectivity index (χ4n) is 1.99. The maximum atomic E-state index is 12.8. The van der Waals surface area contributed by atoms with Crippen LogP contribution >= 0.6 is 0 Å². The number of aromatic nitrogens is 1. The van der Waals surface area contributed by atoms with E-state index in [0.717, 1.165) is 18.2 Å². The second kappa shape index (κ2) is 11.2. The molecule has 0 amide bonds. The van der Waals surface area contributed by atoms with Crippen LogP contribution in [0.2, 0.25) is 0 Å². The van der Waals surface area contributed by atoms with Gasteiger partial charge in [0.15, 0.2) is 0 Å². The minimum Gasteiger partial charge on any atom is -0.483 e. The molecule has 1 aromatic heterocycles. The number of benzene rings is 1. The highest BCUT2D eigenvalue weighted by molar-refractivity contribution is 5.89. The molecule has 160 valence electrons. The molecular formula is C18H16F3N3O6. The van der Waals surface area contributed by atoms with Crippen molar-refractivity contribution in [2.75, 3.05) is 6.54 Å². The van der Waals surface area contributed by atoms with E-state index in [0.29, 0.717) is 24.3 Å². The van der Waals surface area contributed by atoms with Crippen LogP contribution in [0.25, 0.3) is 0 Å². The highest BCUT2D eigenvalue weighted by atomic mass is 19.4. The van der Waals surface area contributed by atoms with Crippen LogP contribution in [0.15, 0.2) is 47.2 Å². The average Bonchev–Trinajstić information content (AvgIpc) is 3.20. The summed E-state index contributed by atoms with van der Waals surface area (Å²) < 4.78 is 48.6. The molecule has 4 N–H and O–H groups in total. The Bertz CT molecular complexity index is 904. The van der Waals surface area contributed by atoms with Crippen molar-refractivity contribution in [3.63, 3.8) is 0 Å². The third-order valence-electron chi connectivity index (χ3n) is 3.28. The summed E-state index contributed by atoms with van der Waals surface area (Å²) in [6.07, 6.45) is -2.47. The van der Waals surface area contributed by atoms with Crippen LogP contribution in [-0.2, 0) is 15.8 Å². The van der Waals surface area contributed by atoms with Crippen LogP contribution in [-0.4, -0.2) is 33.9 Å². The third kappa shape index (κ3) is 8.03. The molecule has 1 aromatic carbocycles. The number of rotatable bonds is 7. The van der Waals surface area contributed by atoms with Crippen molar-refractivity contribution < 1.29 is 42.2 Å². The van der Waals surface area contributed by atoms with Gasteiger partial charge in [0.1, 0.15) is 29.9 Å². The van der Waals surface area contributed by atoms with Crippen molar-refractivity contribution in [1.82, 2.24) is 5.16 Å². The molecule has 0 fully saturated rings. The summed E-state index contributed by atoms with van der Waals surface area (Å²) in [4.78, 5) is 19.1. The highest BCUT2D eigenvalue weighted by Crippen LogP contribution is 2.34. The number of alkyl halides is 3. The highest BCUT2D eigenvalue weighted by Gasteiger charge is 2.31. The fourth-order valence-corrected chi connectivity index (χ4v) is 1.99. The van der Waals surface area contributed by atoms with Gasteiger partial charge in [-0.2, -0.15) is 18.4 Å². The Hall–Kier alpha value is -3.85. The predicted molar refractivity (Wildman–Crippen MR) is 94.1 cm³/mol. The van der Waals surface area contributed by atoms with Gasteiger partial charge in [-0.15, -0.1) is 0 Å². The summed E-state index contributed by atoms with van der Waals surface area (Å²) >= 11 is 0. The van der Waals surface area contributed by atoms with Gasteiger partial charge in [0, 0.05) is 24.6 Å². The number of nitrogens with zero attached hydrogens (tertiary/aromatic N) is 2. The molecule has 0 aliphatic rings. The average molecular weight is 427 g/mol. The van der Waals surface area contributed by atoms with Crippen LogP contribution in [0.1, 0.15) is 29.3 Å². The van der Waals surface area contributed by atoms with E-state index in [2.05, 4.69) is 5.16 Å². The Morgan fingerprint density at radius 1 is 1.27 bits per heavy atom. The molecule has 12 heteroatoms. The van der Waals surface area contributed by atoms with Crippen LogP contribution in [0.5, 0.6) is 5.75 Å². The molecule has 2 rings (SSSR count). The van der Waals surface area contributed by atoms with E-state index < -0.39 is 29.8 Å². The standard InChI is InChI=1S/C14H12F3N3O2.C4H4O4/c15-14(16,17)10-2-1-9(8-19)13(7-10)22-12(3-5-18)11-4-6-21-20-11;5-3(6)1-2-4(7)8/h1-2,4,6-7,12H,3,5,18H2;1-2H,(H,5,6)(H,7,8)/t12-;/m1./s1. The summed E-state index contributed by atoms with van der Waals surface area (Å²) in [6, 6.07) is 6.02. The van der Waals surface area contributed by atoms with Crippen molar-refractivity contribution >= 4 is 11.9 Å². The lowest BCUT2D eigenvalue weighted by Gasteiger charge is -2.18. The van der Waals surface area contributed by atoms with E-state index in [-0.39, 0.29) is 17.9 Å². The molecule has 0 radical (unpaired) electrons. The van der Waals surface area contributed by atoms with E-state index in [4.69, 9.17) is 30.5 Å². The first kappa shape index (κ1) is 24.2. The van der Waals surface area contributed by atoms with Crippen molar-refractivity contribution in [2.45, 2.75) is 18.7 Å². The Morgan fingerprint density at radius 3 is 2.33 bits per heavy atom. The summed E-state index contributed by atoms with van der Waals surface area (Å²) in [7, 11) is 0. The molecule has 2 aromatic rings. The lowest BCUT2D eigenvalue weighted by Crippen LogP contribution is -2.15. The van der Waals surface area contributed by atoms with Crippen molar-refractivity contribution in [2.24, 2.45) is 5.73 Å². The molecular weight excluding hydrogens is 411 g/mol. The topological polar surface area (TPSA) is 160 Å². The molecule has 30 heavy (non-hydrogen) atoms. The molecule has 0 saturated heterocycles. The first-order valence-corrected chi connectivity index (χ1v) is 8.10. The normalized spacial score (nSPS) is 11.8. The quantitative estimate of drug-likeness (QED) is 0.565. The lowest BCUT2D eigenvalue weighted by atomic mass is 10.1. The van der Waals surface area contributed by atoms with Gasteiger partial charge in [0.25, 0.3) is 0 Å². The van der Waals surface area contributed by atoms with E-state index in [1.165, 1.54) is 12.3 Å². The molecule has 0 unspecified atom stereocenters. The van der Waals surface area contributed by atoms with Crippen LogP contribution in [0, 0.1) is 11.3 Å². The second-order valence-electron chi connectivity index (χ2n) is 5.44. The number of nitrogens with two attached hydrogens (primary N) is 1. The minimum absolute atomic E-state index is 0.00137. The van der Waals surface area contributed by atoms with Gasteiger partial charge >= 0.3 is 18.1 Å². The van der Waals surface area contributed by atoms with Crippen molar-refractivity contribution in [3.05, 3.63) is 59.5 Å². The first-order chi connectivity index (χ1) is 14.1. The number of nitriles is 1. The SMILES string of the molecule is N#Cc1ccc(C(F)(F)F)cc1O[C@H](CCN)c1ccon1.O=C(O)C=CC(=O)O. The van der Waals surface area contributed by atoms with E-state index in [9.17, 15) is 22.8 Å². The summed E-state index contributed by atoms with van der Waals surface area (Å²) in [5, 5.41) is 28.3. The molecule has 9 nitrogen and oxygen atoms in total. The van der Waals surface area contributed by atoms with Gasteiger partial charge in [0.05, 0.1) is 11.1 Å². The Labute approximate surface area is 167 Å². The lowest BCUT2D eigenvalue weighted by molar-refractivity contribution is -0.137. The predicted octanol–water partition coefficient (Wildman–Crippen LogP) is 2.75. The van der Waals surface area contributed by atoms with Crippen molar-refractivity contribution in [1.29, 1.82) is 5.26 Å². The zero-order valence-electron chi connectivity index (χ0n) is 15.2. The number of hydrogen-bond acceptors (Lipinski definition) is 7. The number of ether oxygens (including phenoxy) is 1. The minimum atomic E-state index is -4.52. The van der Waals surface area contributed by atoms with E-state index in [1.807, 2.05) is 0 Å². The molecule has 0 bridgehead atoms. The molecule has 1 heterocycles.